The summed E-state index contributed by atoms with van der Waals surface area (Å²) < 4.78 is 2.12. The number of hydrogen-bond acceptors (Lipinski definition) is 4. The molecule has 0 spiro atoms. The molecule has 1 fully saturated rings. The molecule has 3 aromatic rings. The van der Waals surface area contributed by atoms with Crippen LogP contribution in [0.2, 0.25) is 0 Å². The number of benzene rings is 2. The van der Waals surface area contributed by atoms with Crippen LogP contribution in [0.3, 0.4) is 0 Å². The third-order valence-electron chi connectivity index (χ3n) is 4.88. The van der Waals surface area contributed by atoms with Gasteiger partial charge in [-0.15, -0.1) is 0 Å². The number of carbonyl (C=O) groups is 2. The Morgan fingerprint density at radius 2 is 1.83 bits per heavy atom. The predicted octanol–water partition coefficient (Wildman–Crippen LogP) is 5.01. The minimum Gasteiger partial charge on any atom is -0.342 e. The van der Waals surface area contributed by atoms with Crippen molar-refractivity contribution in [1.29, 1.82) is 5.26 Å². The van der Waals surface area contributed by atoms with Crippen LogP contribution in [0.4, 0.5) is 4.79 Å². The van der Waals surface area contributed by atoms with E-state index in [1.165, 1.54) is 4.90 Å². The summed E-state index contributed by atoms with van der Waals surface area (Å²) in [7, 11) is 0. The molecule has 0 saturated carbocycles. The summed E-state index contributed by atoms with van der Waals surface area (Å²) in [4.78, 5) is 26.6. The second-order valence-electron chi connectivity index (χ2n) is 7.18. The summed E-state index contributed by atoms with van der Waals surface area (Å²) in [6, 6.07) is 17.5. The van der Waals surface area contributed by atoms with Crippen molar-refractivity contribution in [3.8, 4) is 6.07 Å². The zero-order valence-electron chi connectivity index (χ0n) is 16.1. The number of nitrogens with zero attached hydrogens (tertiary/aromatic N) is 3. The van der Waals surface area contributed by atoms with Gasteiger partial charge in [0.05, 0.1) is 16.5 Å². The molecule has 4 rings (SSSR count). The van der Waals surface area contributed by atoms with Gasteiger partial charge in [0.25, 0.3) is 11.1 Å². The van der Waals surface area contributed by atoms with Crippen LogP contribution in [0.1, 0.15) is 30.5 Å². The molecule has 0 unspecified atom stereocenters. The van der Waals surface area contributed by atoms with E-state index in [-0.39, 0.29) is 17.2 Å². The van der Waals surface area contributed by atoms with Crippen molar-refractivity contribution in [3.63, 3.8) is 0 Å². The molecule has 2 heterocycles. The molecule has 0 aliphatic carbocycles. The van der Waals surface area contributed by atoms with E-state index in [9.17, 15) is 9.59 Å². The van der Waals surface area contributed by atoms with Gasteiger partial charge in [0, 0.05) is 35.2 Å². The topological polar surface area (TPSA) is 66.1 Å². The highest BCUT2D eigenvalue weighted by Gasteiger charge is 2.36. The Labute approximate surface area is 173 Å². The summed E-state index contributed by atoms with van der Waals surface area (Å²) in [6.45, 7) is 4.32. The fourth-order valence-corrected chi connectivity index (χ4v) is 4.42. The molecule has 0 radical (unpaired) electrons. The Morgan fingerprint density at radius 1 is 1.10 bits per heavy atom. The van der Waals surface area contributed by atoms with Gasteiger partial charge in [0.1, 0.15) is 0 Å². The minimum atomic E-state index is -0.237. The van der Waals surface area contributed by atoms with Crippen LogP contribution in [0.15, 0.2) is 59.6 Å². The fourth-order valence-electron chi connectivity index (χ4n) is 3.47. The van der Waals surface area contributed by atoms with Crippen molar-refractivity contribution in [1.82, 2.24) is 9.47 Å². The predicted molar refractivity (Wildman–Crippen MR) is 115 cm³/mol. The van der Waals surface area contributed by atoms with Crippen LogP contribution in [-0.4, -0.2) is 26.7 Å². The Bertz CT molecular complexity index is 1180. The van der Waals surface area contributed by atoms with Crippen molar-refractivity contribution in [2.24, 2.45) is 0 Å². The number of para-hydroxylation sites is 1. The molecule has 1 aromatic heterocycles. The lowest BCUT2D eigenvalue weighted by Gasteiger charge is -2.16. The smallest absolute Gasteiger partial charge is 0.293 e. The lowest BCUT2D eigenvalue weighted by molar-refractivity contribution is -0.123. The maximum atomic E-state index is 12.6. The molecule has 1 aliphatic heterocycles. The van der Waals surface area contributed by atoms with Gasteiger partial charge in [-0.05, 0) is 55.4 Å². The number of fused-ring (bicyclic) bond motifs is 1. The highest BCUT2D eigenvalue weighted by Crippen LogP contribution is 2.35. The van der Waals surface area contributed by atoms with Crippen LogP contribution < -0.4 is 0 Å². The molecular weight excluding hydrogens is 382 g/mol. The zero-order valence-corrected chi connectivity index (χ0v) is 16.9. The Balaban J connectivity index is 1.72. The van der Waals surface area contributed by atoms with Crippen molar-refractivity contribution in [3.05, 3.63) is 76.3 Å². The number of carbonyl (C=O) groups excluding carboxylic acids is 2. The Hall–Kier alpha value is -3.30. The van der Waals surface area contributed by atoms with Gasteiger partial charge in [-0.25, -0.2) is 0 Å². The third-order valence-corrected chi connectivity index (χ3v) is 5.77. The second-order valence-corrected chi connectivity index (χ2v) is 8.18. The van der Waals surface area contributed by atoms with Crippen molar-refractivity contribution < 1.29 is 9.59 Å². The average Bonchev–Trinajstić information content (AvgIpc) is 3.19. The maximum absolute atomic E-state index is 12.6. The Kier molecular flexibility index (Phi) is 4.99. The summed E-state index contributed by atoms with van der Waals surface area (Å²) in [6.07, 6.45) is 3.82. The van der Waals surface area contributed by atoms with E-state index < -0.39 is 0 Å². The van der Waals surface area contributed by atoms with Crippen LogP contribution >= 0.6 is 11.8 Å². The van der Waals surface area contributed by atoms with Gasteiger partial charge in [0.15, 0.2) is 0 Å². The van der Waals surface area contributed by atoms with Crippen molar-refractivity contribution >= 4 is 39.9 Å². The fraction of sp³-hybridized carbons (Fsp3) is 0.174. The van der Waals surface area contributed by atoms with E-state index >= 15 is 0 Å². The molecule has 1 saturated heterocycles. The highest BCUT2D eigenvalue weighted by atomic mass is 32.2. The summed E-state index contributed by atoms with van der Waals surface area (Å²) in [5.74, 6) is -0.237. The van der Waals surface area contributed by atoms with E-state index in [1.807, 2.05) is 74.7 Å². The minimum absolute atomic E-state index is 0.161. The van der Waals surface area contributed by atoms with E-state index in [2.05, 4.69) is 10.6 Å². The van der Waals surface area contributed by atoms with Gasteiger partial charge >= 0.3 is 0 Å². The third kappa shape index (κ3) is 3.57. The first-order valence-corrected chi connectivity index (χ1v) is 10.1. The summed E-state index contributed by atoms with van der Waals surface area (Å²) in [5.41, 5.74) is 3.67. The van der Waals surface area contributed by atoms with Crippen molar-refractivity contribution in [2.75, 3.05) is 0 Å². The number of hydrogen-bond donors (Lipinski definition) is 0. The first-order valence-electron chi connectivity index (χ1n) is 9.32. The van der Waals surface area contributed by atoms with Gasteiger partial charge in [-0.3, -0.25) is 14.5 Å². The lowest BCUT2D eigenvalue weighted by Crippen LogP contribution is -2.34. The standard InChI is InChI=1S/C23H19N3O2S/c1-15(2)26-22(27)21(29-23(26)28)11-18-14-25(20-6-4-3-5-19(18)20)13-17-9-7-16(12-24)8-10-17/h3-11,14-15H,13H2,1-2H3/b21-11-. The van der Waals surface area contributed by atoms with Crippen molar-refractivity contribution in [2.45, 2.75) is 26.4 Å². The second kappa shape index (κ2) is 7.61. The Morgan fingerprint density at radius 3 is 2.48 bits per heavy atom. The quantitative estimate of drug-likeness (QED) is 0.577. The highest BCUT2D eigenvalue weighted by molar-refractivity contribution is 8.18. The van der Waals surface area contributed by atoms with E-state index in [4.69, 9.17) is 5.26 Å². The number of amides is 2. The number of thioether (sulfide) groups is 1. The number of aromatic nitrogens is 1. The van der Waals surface area contributed by atoms with E-state index in [1.54, 1.807) is 0 Å². The van der Waals surface area contributed by atoms with Gasteiger partial charge in [-0.2, -0.15) is 5.26 Å². The van der Waals surface area contributed by atoms with Gasteiger partial charge in [0.2, 0.25) is 0 Å². The molecule has 0 atom stereocenters. The first kappa shape index (κ1) is 19.0. The van der Waals surface area contributed by atoms with Crippen LogP contribution in [0.5, 0.6) is 0 Å². The number of nitriles is 1. The average molecular weight is 401 g/mol. The molecule has 144 valence electrons. The maximum Gasteiger partial charge on any atom is 0.293 e. The largest absolute Gasteiger partial charge is 0.342 e. The van der Waals surface area contributed by atoms with Crippen LogP contribution in [0, 0.1) is 11.3 Å². The van der Waals surface area contributed by atoms with E-state index in [0.29, 0.717) is 17.0 Å². The number of rotatable bonds is 4. The SMILES string of the molecule is CC(C)N1C(=O)S/C(=C\c2cn(Cc3ccc(C#N)cc3)c3ccccc23)C1=O. The monoisotopic (exact) mass is 401 g/mol. The first-order chi connectivity index (χ1) is 14.0. The molecule has 0 N–H and O–H groups in total. The summed E-state index contributed by atoms with van der Waals surface area (Å²) in [5, 5.41) is 9.77. The molecule has 2 amide bonds. The normalized spacial score (nSPS) is 15.7. The molecular formula is C23H19N3O2S. The molecule has 29 heavy (non-hydrogen) atoms. The summed E-state index contributed by atoms with van der Waals surface area (Å²) >= 11 is 0.990. The lowest BCUT2D eigenvalue weighted by atomic mass is 10.1. The molecule has 2 aromatic carbocycles. The van der Waals surface area contributed by atoms with E-state index in [0.717, 1.165) is 33.8 Å². The van der Waals surface area contributed by atoms with Gasteiger partial charge in [-0.1, -0.05) is 30.3 Å². The zero-order chi connectivity index (χ0) is 20.5. The van der Waals surface area contributed by atoms with Crippen LogP contribution in [-0.2, 0) is 11.3 Å². The van der Waals surface area contributed by atoms with Crippen LogP contribution in [0.25, 0.3) is 17.0 Å². The van der Waals surface area contributed by atoms with Gasteiger partial charge < -0.3 is 4.57 Å². The molecule has 5 nitrogen and oxygen atoms in total. The molecule has 6 heteroatoms. The molecule has 0 bridgehead atoms. The molecule has 1 aliphatic rings. The number of imide groups is 1.